The first kappa shape index (κ1) is 15.5. The molecular formula is C14H18N2O4S. The first-order valence-electron chi connectivity index (χ1n) is 6.77. The van der Waals surface area contributed by atoms with Crippen molar-refractivity contribution in [2.45, 2.75) is 39.7 Å². The molecule has 21 heavy (non-hydrogen) atoms. The van der Waals surface area contributed by atoms with Crippen LogP contribution in [0.4, 0.5) is 0 Å². The Balaban J connectivity index is 2.01. The predicted octanol–water partition coefficient (Wildman–Crippen LogP) is 3.15. The Hall–Kier alpha value is -1.89. The van der Waals surface area contributed by atoms with Gasteiger partial charge < -0.3 is 14.0 Å². The standard InChI is InChI=1S/C14H18N2O4S/c1-4-5-6-11-10(9(2)20-15-11)8-19-13-7-12(21-16-13)14(17)18-3/h7H,4-6,8H2,1-3H3. The molecule has 0 amide bonds. The van der Waals surface area contributed by atoms with Crippen molar-refractivity contribution in [2.75, 3.05) is 7.11 Å². The Morgan fingerprint density at radius 1 is 1.48 bits per heavy atom. The van der Waals surface area contributed by atoms with Crippen molar-refractivity contribution in [1.82, 2.24) is 9.53 Å². The average molecular weight is 310 g/mol. The minimum Gasteiger partial charge on any atom is -0.472 e. The molecule has 0 atom stereocenters. The zero-order valence-electron chi connectivity index (χ0n) is 12.3. The van der Waals surface area contributed by atoms with Gasteiger partial charge in [0.05, 0.1) is 18.4 Å². The van der Waals surface area contributed by atoms with E-state index in [1.165, 1.54) is 7.11 Å². The van der Waals surface area contributed by atoms with Crippen LogP contribution in [-0.4, -0.2) is 22.6 Å². The summed E-state index contributed by atoms with van der Waals surface area (Å²) in [6, 6.07) is 1.57. The van der Waals surface area contributed by atoms with Crippen molar-refractivity contribution in [2.24, 2.45) is 0 Å². The Labute approximate surface area is 127 Å². The van der Waals surface area contributed by atoms with E-state index in [1.807, 2.05) is 6.92 Å². The molecule has 2 aromatic rings. The minimum atomic E-state index is -0.410. The number of esters is 1. The molecule has 114 valence electrons. The van der Waals surface area contributed by atoms with Gasteiger partial charge in [-0.25, -0.2) is 4.79 Å². The van der Waals surface area contributed by atoms with Crippen molar-refractivity contribution in [3.8, 4) is 5.88 Å². The maximum absolute atomic E-state index is 11.4. The van der Waals surface area contributed by atoms with Gasteiger partial charge in [0.2, 0.25) is 5.88 Å². The van der Waals surface area contributed by atoms with Crippen molar-refractivity contribution in [3.05, 3.63) is 28.0 Å². The number of ether oxygens (including phenoxy) is 2. The summed E-state index contributed by atoms with van der Waals surface area (Å²) in [6.45, 7) is 4.33. The predicted molar refractivity (Wildman–Crippen MR) is 77.6 cm³/mol. The van der Waals surface area contributed by atoms with Crippen LogP contribution >= 0.6 is 11.5 Å². The smallest absolute Gasteiger partial charge is 0.349 e. The Bertz CT molecular complexity index is 606. The van der Waals surface area contributed by atoms with E-state index < -0.39 is 5.97 Å². The Morgan fingerprint density at radius 3 is 3.00 bits per heavy atom. The zero-order valence-corrected chi connectivity index (χ0v) is 13.2. The second-order valence-corrected chi connectivity index (χ2v) is 5.38. The van der Waals surface area contributed by atoms with Gasteiger partial charge in [-0.1, -0.05) is 18.5 Å². The molecule has 0 aliphatic heterocycles. The largest absolute Gasteiger partial charge is 0.472 e. The minimum absolute atomic E-state index is 0.332. The molecular weight excluding hydrogens is 292 g/mol. The first-order valence-corrected chi connectivity index (χ1v) is 7.54. The fourth-order valence-corrected chi connectivity index (χ4v) is 2.44. The average Bonchev–Trinajstić information content (AvgIpc) is 3.09. The van der Waals surface area contributed by atoms with Gasteiger partial charge in [0.25, 0.3) is 0 Å². The zero-order chi connectivity index (χ0) is 15.2. The van der Waals surface area contributed by atoms with E-state index in [9.17, 15) is 4.79 Å². The van der Waals surface area contributed by atoms with Gasteiger partial charge in [-0.05, 0) is 31.3 Å². The monoisotopic (exact) mass is 310 g/mol. The number of hydrogen-bond donors (Lipinski definition) is 0. The van der Waals surface area contributed by atoms with Crippen LogP contribution < -0.4 is 4.74 Å². The summed E-state index contributed by atoms with van der Waals surface area (Å²) in [7, 11) is 1.34. The SMILES string of the molecule is CCCCc1noc(C)c1COc1cc(C(=O)OC)sn1. The van der Waals surface area contributed by atoms with Gasteiger partial charge in [-0.3, -0.25) is 0 Å². The molecule has 0 aliphatic carbocycles. The summed E-state index contributed by atoms with van der Waals surface area (Å²) in [5.74, 6) is 0.749. The van der Waals surface area contributed by atoms with Gasteiger partial charge in [0, 0.05) is 6.07 Å². The van der Waals surface area contributed by atoms with Crippen molar-refractivity contribution >= 4 is 17.5 Å². The third-order valence-electron chi connectivity index (χ3n) is 3.07. The third-order valence-corrected chi connectivity index (χ3v) is 3.83. The molecule has 2 rings (SSSR count). The molecule has 2 heterocycles. The highest BCUT2D eigenvalue weighted by molar-refractivity contribution is 7.08. The lowest BCUT2D eigenvalue weighted by Gasteiger charge is -2.03. The van der Waals surface area contributed by atoms with E-state index in [-0.39, 0.29) is 0 Å². The van der Waals surface area contributed by atoms with Gasteiger partial charge in [-0.2, -0.15) is 4.37 Å². The molecule has 0 saturated heterocycles. The molecule has 0 spiro atoms. The summed E-state index contributed by atoms with van der Waals surface area (Å²) in [5, 5.41) is 4.07. The number of nitrogens with zero attached hydrogens (tertiary/aromatic N) is 2. The number of carbonyl (C=O) groups excluding carboxylic acids is 1. The van der Waals surface area contributed by atoms with Crippen LogP contribution in [-0.2, 0) is 17.8 Å². The first-order chi connectivity index (χ1) is 10.2. The highest BCUT2D eigenvalue weighted by atomic mass is 32.1. The van der Waals surface area contributed by atoms with Crippen LogP contribution in [0.2, 0.25) is 0 Å². The number of aryl methyl sites for hydroxylation is 2. The fourth-order valence-electron chi connectivity index (χ4n) is 1.83. The maximum atomic E-state index is 11.4. The van der Waals surface area contributed by atoms with Gasteiger partial charge in [0.15, 0.2) is 0 Å². The molecule has 0 unspecified atom stereocenters. The molecule has 6 nitrogen and oxygen atoms in total. The molecule has 2 aromatic heterocycles. The van der Waals surface area contributed by atoms with Crippen LogP contribution in [0.1, 0.15) is 46.5 Å². The molecule has 0 radical (unpaired) electrons. The second-order valence-electron chi connectivity index (χ2n) is 4.58. The van der Waals surface area contributed by atoms with E-state index in [0.29, 0.717) is 17.4 Å². The van der Waals surface area contributed by atoms with Crippen LogP contribution in [0.25, 0.3) is 0 Å². The molecule has 0 aliphatic rings. The van der Waals surface area contributed by atoms with Crippen LogP contribution in [0.15, 0.2) is 10.6 Å². The summed E-state index contributed by atoms with van der Waals surface area (Å²) in [5.41, 5.74) is 1.88. The van der Waals surface area contributed by atoms with E-state index in [1.54, 1.807) is 6.07 Å². The molecule has 0 fully saturated rings. The van der Waals surface area contributed by atoms with E-state index in [2.05, 4.69) is 21.2 Å². The number of rotatable bonds is 7. The number of unbranched alkanes of at least 4 members (excludes halogenated alkanes) is 1. The molecule has 7 heteroatoms. The summed E-state index contributed by atoms with van der Waals surface area (Å²) >= 11 is 1.05. The second kappa shape index (κ2) is 7.21. The molecule has 0 aromatic carbocycles. The summed E-state index contributed by atoms with van der Waals surface area (Å²) in [4.78, 5) is 11.8. The topological polar surface area (TPSA) is 74.5 Å². The number of aromatic nitrogens is 2. The number of carbonyl (C=O) groups is 1. The summed E-state index contributed by atoms with van der Waals surface area (Å²) in [6.07, 6.45) is 3.03. The van der Waals surface area contributed by atoms with Gasteiger partial charge >= 0.3 is 5.97 Å². The van der Waals surface area contributed by atoms with Gasteiger partial charge in [-0.15, -0.1) is 0 Å². The quantitative estimate of drug-likeness (QED) is 0.731. The van der Waals surface area contributed by atoms with Crippen molar-refractivity contribution < 1.29 is 18.8 Å². The van der Waals surface area contributed by atoms with Crippen molar-refractivity contribution in [1.29, 1.82) is 0 Å². The highest BCUT2D eigenvalue weighted by Gasteiger charge is 2.15. The fraction of sp³-hybridized carbons (Fsp3) is 0.500. The lowest BCUT2D eigenvalue weighted by atomic mass is 10.1. The van der Waals surface area contributed by atoms with Crippen molar-refractivity contribution in [3.63, 3.8) is 0 Å². The van der Waals surface area contributed by atoms with E-state index >= 15 is 0 Å². The normalized spacial score (nSPS) is 10.6. The Morgan fingerprint density at radius 2 is 2.29 bits per heavy atom. The number of hydrogen-bond acceptors (Lipinski definition) is 7. The Kier molecular flexibility index (Phi) is 5.32. The number of methoxy groups -OCH3 is 1. The molecule has 0 bridgehead atoms. The van der Waals surface area contributed by atoms with Gasteiger partial charge in [0.1, 0.15) is 17.2 Å². The van der Waals surface area contributed by atoms with Crippen LogP contribution in [0.3, 0.4) is 0 Å². The lowest BCUT2D eigenvalue weighted by molar-refractivity contribution is 0.0606. The van der Waals surface area contributed by atoms with E-state index in [0.717, 1.165) is 47.8 Å². The molecule has 0 saturated carbocycles. The highest BCUT2D eigenvalue weighted by Crippen LogP contribution is 2.21. The molecule has 0 N–H and O–H groups in total. The maximum Gasteiger partial charge on any atom is 0.349 e. The summed E-state index contributed by atoms with van der Waals surface area (Å²) < 4.78 is 19.5. The van der Waals surface area contributed by atoms with Crippen LogP contribution in [0.5, 0.6) is 5.88 Å². The van der Waals surface area contributed by atoms with Crippen LogP contribution in [0, 0.1) is 6.92 Å². The lowest BCUT2D eigenvalue weighted by Crippen LogP contribution is -2.01. The third kappa shape index (κ3) is 3.81. The van der Waals surface area contributed by atoms with E-state index in [4.69, 9.17) is 9.26 Å².